The van der Waals surface area contributed by atoms with Gasteiger partial charge in [-0.2, -0.15) is 13.2 Å². The molecule has 0 radical (unpaired) electrons. The molecule has 0 heterocycles. The van der Waals surface area contributed by atoms with Crippen LogP contribution in [0.4, 0.5) is 13.2 Å². The Kier molecular flexibility index (Phi) is 5.66. The molecule has 0 N–H and O–H groups in total. The second kappa shape index (κ2) is 7.33. The number of aryl methyl sites for hydroxylation is 2. The minimum Gasteiger partial charge on any atom is -0.467 e. The molecule has 23 heavy (non-hydrogen) atoms. The molecule has 1 atom stereocenters. The zero-order valence-electron chi connectivity index (χ0n) is 13.1. The lowest BCUT2D eigenvalue weighted by molar-refractivity contribution is -0.136. The molecule has 0 aromatic heterocycles. The van der Waals surface area contributed by atoms with Gasteiger partial charge in [0.1, 0.15) is 5.75 Å². The topological polar surface area (TPSA) is 18.5 Å². The van der Waals surface area contributed by atoms with Crippen LogP contribution in [0.1, 0.15) is 16.7 Å². The first-order valence-corrected chi connectivity index (χ1v) is 7.98. The van der Waals surface area contributed by atoms with Crippen molar-refractivity contribution < 1.29 is 22.6 Å². The SMILES string of the molecule is COCOc1ccc(C)cc1Pc1ccc(C)cc1C(F)(F)F. The van der Waals surface area contributed by atoms with Crippen molar-refractivity contribution in [2.24, 2.45) is 0 Å². The number of hydrogen-bond acceptors (Lipinski definition) is 2. The highest BCUT2D eigenvalue weighted by molar-refractivity contribution is 7.55. The second-order valence-corrected chi connectivity index (χ2v) is 6.55. The molecule has 0 amide bonds. The van der Waals surface area contributed by atoms with E-state index >= 15 is 0 Å². The van der Waals surface area contributed by atoms with Gasteiger partial charge in [-0.25, -0.2) is 0 Å². The molecule has 2 aromatic rings. The van der Waals surface area contributed by atoms with Gasteiger partial charge in [-0.1, -0.05) is 37.9 Å². The Balaban J connectivity index is 2.41. The Morgan fingerprint density at radius 1 is 0.957 bits per heavy atom. The van der Waals surface area contributed by atoms with Crippen LogP contribution in [0.25, 0.3) is 0 Å². The molecule has 2 aromatic carbocycles. The predicted molar refractivity (Wildman–Crippen MR) is 87.4 cm³/mol. The quantitative estimate of drug-likeness (QED) is 0.605. The van der Waals surface area contributed by atoms with E-state index < -0.39 is 11.7 Å². The molecule has 0 aliphatic rings. The Hall–Kier alpha value is -1.58. The Bertz CT molecular complexity index is 684. The van der Waals surface area contributed by atoms with Gasteiger partial charge in [-0.3, -0.25) is 0 Å². The summed E-state index contributed by atoms with van der Waals surface area (Å²) >= 11 is 0. The van der Waals surface area contributed by atoms with Crippen LogP contribution in [0.15, 0.2) is 36.4 Å². The molecular formula is C17H18F3O2P. The molecule has 2 nitrogen and oxygen atoms in total. The van der Waals surface area contributed by atoms with E-state index in [1.807, 2.05) is 19.1 Å². The van der Waals surface area contributed by atoms with Crippen molar-refractivity contribution in [2.75, 3.05) is 13.9 Å². The monoisotopic (exact) mass is 342 g/mol. The number of halogens is 3. The smallest absolute Gasteiger partial charge is 0.417 e. The van der Waals surface area contributed by atoms with E-state index in [0.29, 0.717) is 11.3 Å². The van der Waals surface area contributed by atoms with Crippen molar-refractivity contribution in [3.63, 3.8) is 0 Å². The standard InChI is InChI=1S/C17H18F3O2P/c1-11-5-7-15(13(8-11)17(18,19)20)23-16-9-12(2)4-6-14(16)22-10-21-3/h4-9,23H,10H2,1-3H3. The lowest BCUT2D eigenvalue weighted by atomic mass is 10.1. The molecule has 0 aliphatic carbocycles. The van der Waals surface area contributed by atoms with Gasteiger partial charge in [0.25, 0.3) is 0 Å². The minimum atomic E-state index is -4.37. The van der Waals surface area contributed by atoms with Gasteiger partial charge in [0.2, 0.25) is 0 Å². The zero-order chi connectivity index (χ0) is 17.0. The van der Waals surface area contributed by atoms with E-state index in [1.165, 1.54) is 13.2 Å². The average Bonchev–Trinajstić information content (AvgIpc) is 2.47. The molecule has 124 valence electrons. The summed E-state index contributed by atoms with van der Waals surface area (Å²) in [4.78, 5) is 0. The van der Waals surface area contributed by atoms with Crippen molar-refractivity contribution in [3.8, 4) is 5.75 Å². The van der Waals surface area contributed by atoms with Gasteiger partial charge in [0.05, 0.1) is 5.56 Å². The molecule has 0 bridgehead atoms. The Labute approximate surface area is 135 Å². The number of rotatable bonds is 5. The molecule has 0 saturated carbocycles. The third-order valence-corrected chi connectivity index (χ3v) is 4.58. The average molecular weight is 342 g/mol. The summed E-state index contributed by atoms with van der Waals surface area (Å²) in [5.41, 5.74) is 0.971. The second-order valence-electron chi connectivity index (χ2n) is 5.22. The van der Waals surface area contributed by atoms with E-state index in [2.05, 4.69) is 0 Å². The third-order valence-electron chi connectivity index (χ3n) is 3.22. The number of ether oxygens (including phenoxy) is 2. The van der Waals surface area contributed by atoms with Crippen molar-refractivity contribution in [1.82, 2.24) is 0 Å². The number of alkyl halides is 3. The van der Waals surface area contributed by atoms with Crippen LogP contribution < -0.4 is 15.3 Å². The summed E-state index contributed by atoms with van der Waals surface area (Å²) in [5.74, 6) is 0.546. The third kappa shape index (κ3) is 4.69. The largest absolute Gasteiger partial charge is 0.467 e. The molecule has 0 fully saturated rings. The summed E-state index contributed by atoms with van der Waals surface area (Å²) in [5, 5.41) is 0.993. The maximum absolute atomic E-state index is 13.3. The van der Waals surface area contributed by atoms with Crippen LogP contribution in [0.3, 0.4) is 0 Å². The molecule has 2 rings (SSSR count). The van der Waals surface area contributed by atoms with Gasteiger partial charge in [0.15, 0.2) is 6.79 Å². The highest BCUT2D eigenvalue weighted by Crippen LogP contribution is 2.32. The first-order chi connectivity index (χ1) is 10.8. The van der Waals surface area contributed by atoms with Crippen molar-refractivity contribution in [3.05, 3.63) is 53.1 Å². The Morgan fingerprint density at radius 3 is 2.26 bits per heavy atom. The van der Waals surface area contributed by atoms with E-state index in [1.54, 1.807) is 25.1 Å². The summed E-state index contributed by atoms with van der Waals surface area (Å²) < 4.78 is 50.1. The van der Waals surface area contributed by atoms with E-state index in [0.717, 1.165) is 10.9 Å². The summed E-state index contributed by atoms with van der Waals surface area (Å²) in [6.45, 7) is 3.61. The number of methoxy groups -OCH3 is 1. The van der Waals surface area contributed by atoms with Crippen LogP contribution in [-0.2, 0) is 10.9 Å². The Morgan fingerprint density at radius 2 is 1.61 bits per heavy atom. The maximum Gasteiger partial charge on any atom is 0.417 e. The van der Waals surface area contributed by atoms with Crippen molar-refractivity contribution >= 4 is 19.2 Å². The van der Waals surface area contributed by atoms with Crippen molar-refractivity contribution in [1.29, 1.82) is 0 Å². The van der Waals surface area contributed by atoms with Crippen LogP contribution in [0, 0.1) is 13.8 Å². The first-order valence-electron chi connectivity index (χ1n) is 6.98. The lowest BCUT2D eigenvalue weighted by Crippen LogP contribution is -2.19. The van der Waals surface area contributed by atoms with Crippen LogP contribution >= 0.6 is 8.58 Å². The fourth-order valence-electron chi connectivity index (χ4n) is 2.14. The minimum absolute atomic E-state index is 0.0561. The van der Waals surface area contributed by atoms with E-state index in [9.17, 15) is 13.2 Å². The number of benzene rings is 2. The van der Waals surface area contributed by atoms with Gasteiger partial charge in [-0.05, 0) is 37.4 Å². The van der Waals surface area contributed by atoms with E-state index in [-0.39, 0.29) is 20.7 Å². The normalized spacial score (nSPS) is 12.1. The highest BCUT2D eigenvalue weighted by Gasteiger charge is 2.33. The molecule has 0 saturated heterocycles. The van der Waals surface area contributed by atoms with Gasteiger partial charge < -0.3 is 9.47 Å². The fourth-order valence-corrected chi connectivity index (χ4v) is 3.52. The summed E-state index contributed by atoms with van der Waals surface area (Å²) in [6.07, 6.45) is -4.37. The van der Waals surface area contributed by atoms with Gasteiger partial charge >= 0.3 is 6.18 Å². The molecule has 1 unspecified atom stereocenters. The molecule has 0 aliphatic heterocycles. The molecule has 0 spiro atoms. The molecular weight excluding hydrogens is 324 g/mol. The zero-order valence-corrected chi connectivity index (χ0v) is 14.1. The van der Waals surface area contributed by atoms with Gasteiger partial charge in [0, 0.05) is 12.4 Å². The predicted octanol–water partition coefficient (Wildman–Crippen LogP) is 3.93. The van der Waals surface area contributed by atoms with Crippen LogP contribution in [0.5, 0.6) is 5.75 Å². The lowest BCUT2D eigenvalue weighted by Gasteiger charge is -2.16. The summed E-state index contributed by atoms with van der Waals surface area (Å²) in [7, 11) is 1.35. The fraction of sp³-hybridized carbons (Fsp3) is 0.294. The van der Waals surface area contributed by atoms with Gasteiger partial charge in [-0.15, -0.1) is 0 Å². The van der Waals surface area contributed by atoms with Crippen LogP contribution in [-0.4, -0.2) is 13.9 Å². The highest BCUT2D eigenvalue weighted by atomic mass is 31.1. The van der Waals surface area contributed by atoms with E-state index in [4.69, 9.17) is 9.47 Å². The number of hydrogen-bond donors (Lipinski definition) is 0. The molecule has 6 heteroatoms. The van der Waals surface area contributed by atoms with Crippen LogP contribution in [0.2, 0.25) is 0 Å². The van der Waals surface area contributed by atoms with Crippen molar-refractivity contribution in [2.45, 2.75) is 20.0 Å². The summed E-state index contributed by atoms with van der Waals surface area (Å²) in [6, 6.07) is 9.90. The maximum atomic E-state index is 13.3. The first kappa shape index (κ1) is 17.8.